The van der Waals surface area contributed by atoms with Gasteiger partial charge in [-0.1, -0.05) is 53.4 Å². The third kappa shape index (κ3) is 3.21. The van der Waals surface area contributed by atoms with Gasteiger partial charge in [-0.05, 0) is 30.6 Å². The van der Waals surface area contributed by atoms with Crippen molar-refractivity contribution in [3.8, 4) is 0 Å². The summed E-state index contributed by atoms with van der Waals surface area (Å²) in [7, 11) is 0. The van der Waals surface area contributed by atoms with E-state index in [9.17, 15) is 5.11 Å². The van der Waals surface area contributed by atoms with Gasteiger partial charge in [0.2, 0.25) is 0 Å². The highest BCUT2D eigenvalue weighted by Crippen LogP contribution is 2.42. The lowest BCUT2D eigenvalue weighted by molar-refractivity contribution is -0.0700. The van der Waals surface area contributed by atoms with Gasteiger partial charge >= 0.3 is 0 Å². The van der Waals surface area contributed by atoms with Crippen molar-refractivity contribution >= 4 is 0 Å². The van der Waals surface area contributed by atoms with Gasteiger partial charge in [0.15, 0.2) is 0 Å². The Morgan fingerprint density at radius 3 is 2.40 bits per heavy atom. The maximum Gasteiger partial charge on any atom is 0.0695 e. The molecule has 0 amide bonds. The Kier molecular flexibility index (Phi) is 4.22. The van der Waals surface area contributed by atoms with Gasteiger partial charge in [0.05, 0.1) is 5.60 Å². The van der Waals surface area contributed by atoms with Crippen molar-refractivity contribution < 1.29 is 5.11 Å². The summed E-state index contributed by atoms with van der Waals surface area (Å²) in [5.74, 6) is 0.867. The summed E-state index contributed by atoms with van der Waals surface area (Å²) in [6, 6.07) is 0. The molecule has 0 aliphatic heterocycles. The monoisotopic (exact) mass is 212 g/mol. The average molecular weight is 212 g/mol. The molecular weight excluding hydrogens is 184 g/mol. The summed E-state index contributed by atoms with van der Waals surface area (Å²) in [5.41, 5.74) is -0.385. The van der Waals surface area contributed by atoms with Crippen LogP contribution in [0.4, 0.5) is 0 Å². The van der Waals surface area contributed by atoms with E-state index < -0.39 is 5.60 Å². The van der Waals surface area contributed by atoms with Crippen molar-refractivity contribution in [3.63, 3.8) is 0 Å². The molecule has 1 aliphatic rings. The van der Waals surface area contributed by atoms with E-state index in [-0.39, 0.29) is 5.41 Å². The zero-order chi connectivity index (χ0) is 11.5. The second kappa shape index (κ2) is 4.86. The van der Waals surface area contributed by atoms with Crippen LogP contribution in [0.1, 0.15) is 72.6 Å². The second-order valence-corrected chi connectivity index (χ2v) is 6.37. The van der Waals surface area contributed by atoms with Crippen LogP contribution in [-0.4, -0.2) is 10.7 Å². The van der Waals surface area contributed by atoms with Crippen molar-refractivity contribution in [2.75, 3.05) is 0 Å². The highest BCUT2D eigenvalue weighted by molar-refractivity contribution is 4.92. The predicted octanol–water partition coefficient (Wildman–Crippen LogP) is 4.14. The molecule has 2 atom stereocenters. The minimum Gasteiger partial charge on any atom is -0.389 e. The Hall–Kier alpha value is -0.0400. The molecule has 1 N–H and O–H groups in total. The molecule has 1 nitrogen and oxygen atoms in total. The molecule has 0 aromatic heterocycles. The van der Waals surface area contributed by atoms with Crippen LogP contribution in [-0.2, 0) is 0 Å². The van der Waals surface area contributed by atoms with Crippen LogP contribution in [0.5, 0.6) is 0 Å². The molecule has 0 bridgehead atoms. The number of hydrogen-bond donors (Lipinski definition) is 1. The Morgan fingerprint density at radius 1 is 1.20 bits per heavy atom. The van der Waals surface area contributed by atoms with Gasteiger partial charge in [0.1, 0.15) is 0 Å². The largest absolute Gasteiger partial charge is 0.389 e. The van der Waals surface area contributed by atoms with E-state index in [0.717, 1.165) is 18.8 Å². The molecule has 90 valence electrons. The van der Waals surface area contributed by atoms with Gasteiger partial charge in [0, 0.05) is 0 Å². The fourth-order valence-corrected chi connectivity index (χ4v) is 2.84. The highest BCUT2D eigenvalue weighted by Gasteiger charge is 2.40. The van der Waals surface area contributed by atoms with Crippen molar-refractivity contribution in [1.82, 2.24) is 0 Å². The van der Waals surface area contributed by atoms with Gasteiger partial charge in [0.25, 0.3) is 0 Å². The van der Waals surface area contributed by atoms with E-state index in [0.29, 0.717) is 0 Å². The summed E-state index contributed by atoms with van der Waals surface area (Å²) in [6.07, 6.45) is 8.39. The molecule has 1 saturated carbocycles. The predicted molar refractivity (Wildman–Crippen MR) is 65.9 cm³/mol. The second-order valence-electron chi connectivity index (χ2n) is 6.37. The smallest absolute Gasteiger partial charge is 0.0695 e. The maximum absolute atomic E-state index is 10.7. The topological polar surface area (TPSA) is 20.2 Å². The molecule has 2 unspecified atom stereocenters. The van der Waals surface area contributed by atoms with Crippen LogP contribution in [0.2, 0.25) is 0 Å². The average Bonchev–Trinajstić information content (AvgIpc) is 2.29. The zero-order valence-corrected chi connectivity index (χ0v) is 11.0. The molecule has 15 heavy (non-hydrogen) atoms. The van der Waals surface area contributed by atoms with Crippen LogP contribution >= 0.6 is 0 Å². The van der Waals surface area contributed by atoms with Crippen molar-refractivity contribution in [2.24, 2.45) is 11.3 Å². The van der Waals surface area contributed by atoms with E-state index >= 15 is 0 Å². The number of hydrogen-bond acceptors (Lipinski definition) is 1. The minimum absolute atomic E-state index is 0.0358. The maximum atomic E-state index is 10.7. The summed E-state index contributed by atoms with van der Waals surface area (Å²) in [6.45, 7) is 8.79. The van der Waals surface area contributed by atoms with E-state index in [1.54, 1.807) is 0 Å². The third-order valence-corrected chi connectivity index (χ3v) is 4.26. The lowest BCUT2D eigenvalue weighted by atomic mass is 9.72. The van der Waals surface area contributed by atoms with Crippen LogP contribution in [0, 0.1) is 11.3 Å². The number of aliphatic hydroxyl groups is 1. The van der Waals surface area contributed by atoms with Crippen molar-refractivity contribution in [1.29, 1.82) is 0 Å². The fraction of sp³-hybridized carbons (Fsp3) is 1.00. The molecule has 0 heterocycles. The van der Waals surface area contributed by atoms with Gasteiger partial charge in [-0.2, -0.15) is 0 Å². The van der Waals surface area contributed by atoms with Crippen LogP contribution < -0.4 is 0 Å². The molecule has 0 aromatic rings. The molecule has 0 aromatic carbocycles. The van der Waals surface area contributed by atoms with E-state index in [1.807, 2.05) is 0 Å². The van der Waals surface area contributed by atoms with Crippen LogP contribution in [0.3, 0.4) is 0 Å². The van der Waals surface area contributed by atoms with E-state index in [2.05, 4.69) is 27.7 Å². The van der Waals surface area contributed by atoms with Gasteiger partial charge < -0.3 is 5.11 Å². The standard InChI is InChI=1S/C14H28O/c1-5-7-12-8-6-10-14(15,11-9-12)13(2,3)4/h12,15H,5-11H2,1-4H3. The molecular formula is C14H28O. The Balaban J connectivity index is 2.59. The lowest BCUT2D eigenvalue weighted by Crippen LogP contribution is -2.42. The van der Waals surface area contributed by atoms with Crippen LogP contribution in [0.15, 0.2) is 0 Å². The normalized spacial score (nSPS) is 33.8. The van der Waals surface area contributed by atoms with Gasteiger partial charge in [-0.25, -0.2) is 0 Å². The molecule has 1 fully saturated rings. The van der Waals surface area contributed by atoms with Crippen molar-refractivity contribution in [3.05, 3.63) is 0 Å². The summed E-state index contributed by atoms with van der Waals surface area (Å²) in [5, 5.41) is 10.7. The number of rotatable bonds is 2. The molecule has 0 radical (unpaired) electrons. The quantitative estimate of drug-likeness (QED) is 0.682. The van der Waals surface area contributed by atoms with Gasteiger partial charge in [-0.3, -0.25) is 0 Å². The molecule has 0 spiro atoms. The minimum atomic E-state index is -0.421. The fourth-order valence-electron chi connectivity index (χ4n) is 2.84. The van der Waals surface area contributed by atoms with E-state index in [1.165, 1.54) is 32.1 Å². The molecule has 0 saturated heterocycles. The first-order valence-corrected chi connectivity index (χ1v) is 6.61. The van der Waals surface area contributed by atoms with E-state index in [4.69, 9.17) is 0 Å². The first kappa shape index (κ1) is 13.0. The molecule has 1 aliphatic carbocycles. The molecule has 1 rings (SSSR count). The first-order chi connectivity index (χ1) is 6.89. The summed E-state index contributed by atoms with van der Waals surface area (Å²) >= 11 is 0. The van der Waals surface area contributed by atoms with Crippen molar-refractivity contribution in [2.45, 2.75) is 78.2 Å². The Morgan fingerprint density at radius 2 is 1.87 bits per heavy atom. The SMILES string of the molecule is CCCC1CCCC(O)(C(C)(C)C)CC1. The highest BCUT2D eigenvalue weighted by atomic mass is 16.3. The van der Waals surface area contributed by atoms with Crippen LogP contribution in [0.25, 0.3) is 0 Å². The third-order valence-electron chi connectivity index (χ3n) is 4.26. The zero-order valence-electron chi connectivity index (χ0n) is 11.0. The van der Waals surface area contributed by atoms with Gasteiger partial charge in [-0.15, -0.1) is 0 Å². The molecule has 1 heteroatoms. The first-order valence-electron chi connectivity index (χ1n) is 6.61. The lowest BCUT2D eigenvalue weighted by Gasteiger charge is -2.40. The Labute approximate surface area is 95.3 Å². The summed E-state index contributed by atoms with van der Waals surface area (Å²) < 4.78 is 0. The summed E-state index contributed by atoms with van der Waals surface area (Å²) in [4.78, 5) is 0. The Bertz CT molecular complexity index is 192.